The summed E-state index contributed by atoms with van der Waals surface area (Å²) >= 11 is 0. The zero-order valence-electron chi connectivity index (χ0n) is 12.0. The number of carbonyl (C=O) groups is 1. The van der Waals surface area contributed by atoms with Gasteiger partial charge in [0.2, 0.25) is 0 Å². The zero-order valence-corrected chi connectivity index (χ0v) is 12.0. The van der Waals surface area contributed by atoms with E-state index in [0.29, 0.717) is 17.5 Å². The Bertz CT molecular complexity index is 836. The lowest BCUT2D eigenvalue weighted by Crippen LogP contribution is -2.25. The van der Waals surface area contributed by atoms with Gasteiger partial charge in [0, 0.05) is 5.69 Å². The molecule has 0 aliphatic rings. The van der Waals surface area contributed by atoms with Gasteiger partial charge in [0.25, 0.3) is 11.5 Å². The fourth-order valence-corrected chi connectivity index (χ4v) is 1.77. The monoisotopic (exact) mass is 337 g/mol. The number of halogens is 3. The summed E-state index contributed by atoms with van der Waals surface area (Å²) in [5.41, 5.74) is -2.52. The van der Waals surface area contributed by atoms with Crippen molar-refractivity contribution < 1.29 is 22.7 Å². The summed E-state index contributed by atoms with van der Waals surface area (Å²) in [7, 11) is 0. The molecule has 0 fully saturated rings. The zero-order chi connectivity index (χ0) is 17.7. The summed E-state index contributed by atoms with van der Waals surface area (Å²) in [6.07, 6.45) is -4.70. The van der Waals surface area contributed by atoms with Crippen LogP contribution in [0.5, 0.6) is 5.75 Å². The third-order valence-corrected chi connectivity index (χ3v) is 2.88. The number of hydrogen-bond donors (Lipinski definition) is 2. The van der Waals surface area contributed by atoms with E-state index in [2.05, 4.69) is 5.32 Å². The molecule has 1 amide bonds. The predicted octanol–water partition coefficient (Wildman–Crippen LogP) is 2.55. The van der Waals surface area contributed by atoms with Gasteiger partial charge < -0.3 is 15.0 Å². The Morgan fingerprint density at radius 1 is 1.21 bits per heavy atom. The number of alkyl halides is 3. The summed E-state index contributed by atoms with van der Waals surface area (Å²) in [5, 5.41) is 10.8. The molecule has 2 rings (SSSR count). The molecule has 1 aromatic carbocycles. The number of carbonyl (C=O) groups excluding carboxylic acids is 1. The molecule has 0 unspecified atom stereocenters. The minimum atomic E-state index is -4.70. The Morgan fingerprint density at radius 2 is 1.88 bits per heavy atom. The SMILES string of the molecule is N#CCOc1ccc(NC(=O)c2ccc(C(F)(F)F)[nH]c2=O)cc1. The quantitative estimate of drug-likeness (QED) is 0.896. The third-order valence-electron chi connectivity index (χ3n) is 2.88. The second kappa shape index (κ2) is 6.87. The first-order valence-corrected chi connectivity index (χ1v) is 6.53. The van der Waals surface area contributed by atoms with Crippen molar-refractivity contribution in [1.82, 2.24) is 4.98 Å². The fourth-order valence-electron chi connectivity index (χ4n) is 1.77. The lowest BCUT2D eigenvalue weighted by Gasteiger charge is -2.08. The van der Waals surface area contributed by atoms with Crippen molar-refractivity contribution in [2.24, 2.45) is 0 Å². The number of hydrogen-bond acceptors (Lipinski definition) is 4. The van der Waals surface area contributed by atoms with Crippen LogP contribution in [-0.2, 0) is 6.18 Å². The number of aromatic amines is 1. The number of H-pyrrole nitrogens is 1. The van der Waals surface area contributed by atoms with Gasteiger partial charge in [-0.25, -0.2) is 0 Å². The second-order valence-electron chi connectivity index (χ2n) is 4.54. The molecule has 0 radical (unpaired) electrons. The normalized spacial score (nSPS) is 10.8. The molecule has 9 heteroatoms. The van der Waals surface area contributed by atoms with Crippen LogP contribution in [0.4, 0.5) is 18.9 Å². The van der Waals surface area contributed by atoms with E-state index in [-0.39, 0.29) is 6.61 Å². The van der Waals surface area contributed by atoms with Gasteiger partial charge in [-0.1, -0.05) is 0 Å². The Hall–Kier alpha value is -3.28. The van der Waals surface area contributed by atoms with Gasteiger partial charge in [0.1, 0.15) is 23.1 Å². The molecular weight excluding hydrogens is 327 g/mol. The van der Waals surface area contributed by atoms with E-state index in [0.717, 1.165) is 6.07 Å². The molecular formula is C15H10F3N3O3. The van der Waals surface area contributed by atoms with Crippen LogP contribution in [0.25, 0.3) is 0 Å². The van der Waals surface area contributed by atoms with Gasteiger partial charge >= 0.3 is 6.18 Å². The first-order valence-electron chi connectivity index (χ1n) is 6.53. The van der Waals surface area contributed by atoms with Gasteiger partial charge in [0.05, 0.1) is 0 Å². The van der Waals surface area contributed by atoms with Crippen molar-refractivity contribution in [2.45, 2.75) is 6.18 Å². The maximum absolute atomic E-state index is 12.5. The topological polar surface area (TPSA) is 95.0 Å². The van der Waals surface area contributed by atoms with Crippen molar-refractivity contribution in [2.75, 3.05) is 11.9 Å². The Balaban J connectivity index is 2.13. The minimum absolute atomic E-state index is 0.132. The van der Waals surface area contributed by atoms with E-state index >= 15 is 0 Å². The van der Waals surface area contributed by atoms with Crippen LogP contribution in [0.15, 0.2) is 41.2 Å². The molecule has 0 saturated carbocycles. The van der Waals surface area contributed by atoms with E-state index in [4.69, 9.17) is 10.00 Å². The molecule has 0 aliphatic heterocycles. The molecule has 2 aromatic rings. The van der Waals surface area contributed by atoms with Crippen LogP contribution < -0.4 is 15.6 Å². The average molecular weight is 337 g/mol. The first-order chi connectivity index (χ1) is 11.3. The Labute approximate surface area is 133 Å². The summed E-state index contributed by atoms with van der Waals surface area (Å²) in [6, 6.07) is 9.13. The molecule has 0 aliphatic carbocycles. The van der Waals surface area contributed by atoms with E-state index in [1.54, 1.807) is 11.1 Å². The maximum Gasteiger partial charge on any atom is 0.431 e. The van der Waals surface area contributed by atoms with Crippen LogP contribution in [0.3, 0.4) is 0 Å². The van der Waals surface area contributed by atoms with Crippen LogP contribution in [-0.4, -0.2) is 17.5 Å². The van der Waals surface area contributed by atoms with Crippen molar-refractivity contribution in [1.29, 1.82) is 5.26 Å². The first kappa shape index (κ1) is 17.1. The number of pyridine rings is 1. The van der Waals surface area contributed by atoms with Crippen LogP contribution in [0, 0.1) is 11.3 Å². The smallest absolute Gasteiger partial charge is 0.431 e. The molecule has 0 atom stereocenters. The van der Waals surface area contributed by atoms with Gasteiger partial charge in [-0.2, -0.15) is 18.4 Å². The number of amides is 1. The van der Waals surface area contributed by atoms with E-state index in [9.17, 15) is 22.8 Å². The molecule has 0 bridgehead atoms. The summed E-state index contributed by atoms with van der Waals surface area (Å²) < 4.78 is 42.4. The van der Waals surface area contributed by atoms with Crippen molar-refractivity contribution >= 4 is 11.6 Å². The molecule has 0 saturated heterocycles. The number of aromatic nitrogens is 1. The van der Waals surface area contributed by atoms with Gasteiger partial charge in [-0.3, -0.25) is 9.59 Å². The summed E-state index contributed by atoms with van der Waals surface area (Å²) in [5.74, 6) is -0.447. The van der Waals surface area contributed by atoms with E-state index < -0.39 is 28.9 Å². The third kappa shape index (κ3) is 4.13. The van der Waals surface area contributed by atoms with Crippen LogP contribution >= 0.6 is 0 Å². The summed E-state index contributed by atoms with van der Waals surface area (Å²) in [4.78, 5) is 25.2. The molecule has 24 heavy (non-hydrogen) atoms. The van der Waals surface area contributed by atoms with Crippen molar-refractivity contribution in [3.8, 4) is 11.8 Å². The molecule has 2 N–H and O–H groups in total. The highest BCUT2D eigenvalue weighted by Crippen LogP contribution is 2.26. The van der Waals surface area contributed by atoms with Crippen molar-refractivity contribution in [3.05, 3.63) is 58.0 Å². The van der Waals surface area contributed by atoms with Gasteiger partial charge in [0.15, 0.2) is 6.61 Å². The highest BCUT2D eigenvalue weighted by Gasteiger charge is 2.32. The van der Waals surface area contributed by atoms with Crippen LogP contribution in [0.2, 0.25) is 0 Å². The fraction of sp³-hybridized carbons (Fsp3) is 0.133. The molecule has 0 spiro atoms. The van der Waals surface area contributed by atoms with Gasteiger partial charge in [-0.15, -0.1) is 0 Å². The maximum atomic E-state index is 12.5. The van der Waals surface area contributed by atoms with Crippen LogP contribution in [0.1, 0.15) is 16.1 Å². The van der Waals surface area contributed by atoms with E-state index in [1.165, 1.54) is 24.3 Å². The number of benzene rings is 1. The van der Waals surface area contributed by atoms with E-state index in [1.807, 2.05) is 0 Å². The number of nitriles is 1. The number of nitrogens with zero attached hydrogens (tertiary/aromatic N) is 1. The number of anilines is 1. The molecule has 6 nitrogen and oxygen atoms in total. The molecule has 1 aromatic heterocycles. The highest BCUT2D eigenvalue weighted by molar-refractivity contribution is 6.04. The molecule has 124 valence electrons. The highest BCUT2D eigenvalue weighted by atomic mass is 19.4. The number of nitrogens with one attached hydrogen (secondary N) is 2. The summed E-state index contributed by atoms with van der Waals surface area (Å²) in [6.45, 7) is -0.132. The lowest BCUT2D eigenvalue weighted by molar-refractivity contribution is -0.141. The number of ether oxygens (including phenoxy) is 1. The second-order valence-corrected chi connectivity index (χ2v) is 4.54. The largest absolute Gasteiger partial charge is 0.479 e. The lowest BCUT2D eigenvalue weighted by atomic mass is 10.2. The van der Waals surface area contributed by atoms with Crippen molar-refractivity contribution in [3.63, 3.8) is 0 Å². The number of rotatable bonds is 4. The molecule has 1 heterocycles. The standard InChI is InChI=1S/C15H10F3N3O3/c16-15(17,18)12-6-5-11(14(23)21-12)13(22)20-9-1-3-10(4-2-9)24-8-7-19/h1-6H,8H2,(H,20,22)(H,21,23). The predicted molar refractivity (Wildman–Crippen MR) is 77.6 cm³/mol. The minimum Gasteiger partial charge on any atom is -0.479 e. The van der Waals surface area contributed by atoms with Gasteiger partial charge in [-0.05, 0) is 36.4 Å². The average Bonchev–Trinajstić information content (AvgIpc) is 2.53. The Morgan fingerprint density at radius 3 is 2.42 bits per heavy atom. The Kier molecular flexibility index (Phi) is 4.89.